The summed E-state index contributed by atoms with van der Waals surface area (Å²) in [5.74, 6) is -1.28. The Kier molecular flexibility index (Phi) is 5.92. The van der Waals surface area contributed by atoms with Crippen LogP contribution in [0.2, 0.25) is 0 Å². The summed E-state index contributed by atoms with van der Waals surface area (Å²) in [6.07, 6.45) is 2.49. The number of carbonyl (C=O) groups excluding carboxylic acids is 1. The van der Waals surface area contributed by atoms with Crippen LogP contribution < -0.4 is 5.32 Å². The molecule has 7 heteroatoms. The third-order valence-corrected chi connectivity index (χ3v) is 6.69. The van der Waals surface area contributed by atoms with Crippen molar-refractivity contribution in [3.05, 3.63) is 65.5 Å². The summed E-state index contributed by atoms with van der Waals surface area (Å²) in [5, 5.41) is 2.82. The molecule has 2 aromatic rings. The fourth-order valence-corrected chi connectivity index (χ4v) is 4.80. The topological polar surface area (TPSA) is 66.5 Å². The highest BCUT2D eigenvalue weighted by Gasteiger charge is 2.29. The average molecular weight is 390 g/mol. The Balaban J connectivity index is 1.83. The summed E-state index contributed by atoms with van der Waals surface area (Å²) in [5.41, 5.74) is 1.05. The first-order valence-electron chi connectivity index (χ1n) is 9.05. The van der Waals surface area contributed by atoms with Gasteiger partial charge in [0.05, 0.1) is 6.04 Å². The van der Waals surface area contributed by atoms with Crippen molar-refractivity contribution in [3.8, 4) is 0 Å². The molecule has 0 bridgehead atoms. The minimum absolute atomic E-state index is 0.120. The maximum absolute atomic E-state index is 14.3. The van der Waals surface area contributed by atoms with E-state index in [-0.39, 0.29) is 11.6 Å². The number of nitrogens with zero attached hydrogens (tertiary/aromatic N) is 1. The highest BCUT2D eigenvalue weighted by atomic mass is 32.2. The fraction of sp³-hybridized carbons (Fsp3) is 0.350. The van der Waals surface area contributed by atoms with E-state index in [1.807, 2.05) is 37.3 Å². The first kappa shape index (κ1) is 19.5. The summed E-state index contributed by atoms with van der Waals surface area (Å²) < 4.78 is 41.1. The zero-order valence-corrected chi connectivity index (χ0v) is 16.0. The Bertz CT molecular complexity index is 910. The van der Waals surface area contributed by atoms with Crippen LogP contribution in [-0.4, -0.2) is 31.7 Å². The molecule has 0 radical (unpaired) electrons. The van der Waals surface area contributed by atoms with Crippen LogP contribution >= 0.6 is 0 Å². The highest BCUT2D eigenvalue weighted by Crippen LogP contribution is 2.24. The minimum atomic E-state index is -3.95. The van der Waals surface area contributed by atoms with E-state index in [9.17, 15) is 17.6 Å². The smallest absolute Gasteiger partial charge is 0.251 e. The molecule has 1 fully saturated rings. The number of rotatable bonds is 5. The molecule has 0 saturated carbocycles. The minimum Gasteiger partial charge on any atom is -0.346 e. The molecule has 0 aliphatic carbocycles. The normalized spacial score (nSPS) is 16.7. The summed E-state index contributed by atoms with van der Waals surface area (Å²) in [6.45, 7) is 2.59. The van der Waals surface area contributed by atoms with Crippen LogP contribution in [0.1, 0.15) is 48.1 Å². The predicted octanol–water partition coefficient (Wildman–Crippen LogP) is 3.49. The molecule has 0 unspecified atom stereocenters. The van der Waals surface area contributed by atoms with Crippen molar-refractivity contribution in [2.75, 3.05) is 13.1 Å². The zero-order chi connectivity index (χ0) is 19.4. The number of nitrogens with one attached hydrogen (secondary N) is 1. The van der Waals surface area contributed by atoms with E-state index in [4.69, 9.17) is 0 Å². The maximum Gasteiger partial charge on any atom is 0.251 e. The van der Waals surface area contributed by atoms with Crippen molar-refractivity contribution in [3.63, 3.8) is 0 Å². The quantitative estimate of drug-likeness (QED) is 0.850. The third-order valence-electron chi connectivity index (χ3n) is 4.77. The number of halogens is 1. The van der Waals surface area contributed by atoms with Gasteiger partial charge >= 0.3 is 0 Å². The number of carbonyl (C=O) groups is 1. The van der Waals surface area contributed by atoms with E-state index in [1.54, 1.807) is 0 Å². The first-order valence-corrected chi connectivity index (χ1v) is 10.5. The van der Waals surface area contributed by atoms with Gasteiger partial charge in [0.15, 0.2) is 0 Å². The third kappa shape index (κ3) is 4.36. The summed E-state index contributed by atoms with van der Waals surface area (Å²) in [7, 11) is -3.95. The lowest BCUT2D eigenvalue weighted by Gasteiger charge is -2.26. The van der Waals surface area contributed by atoms with Gasteiger partial charge in [-0.3, -0.25) is 4.79 Å². The largest absolute Gasteiger partial charge is 0.346 e. The van der Waals surface area contributed by atoms with E-state index in [0.29, 0.717) is 13.1 Å². The van der Waals surface area contributed by atoms with Gasteiger partial charge in [-0.1, -0.05) is 36.8 Å². The Morgan fingerprint density at radius 3 is 2.41 bits per heavy atom. The van der Waals surface area contributed by atoms with Crippen molar-refractivity contribution in [1.82, 2.24) is 9.62 Å². The number of sulfonamides is 1. The molecule has 0 aromatic heterocycles. The molecule has 1 aliphatic rings. The first-order chi connectivity index (χ1) is 12.9. The van der Waals surface area contributed by atoms with E-state index in [2.05, 4.69) is 5.32 Å². The Labute approximate surface area is 159 Å². The number of hydrogen-bond donors (Lipinski definition) is 1. The highest BCUT2D eigenvalue weighted by molar-refractivity contribution is 7.89. The molecule has 5 nitrogen and oxygen atoms in total. The van der Waals surface area contributed by atoms with Gasteiger partial charge in [-0.05, 0) is 43.5 Å². The van der Waals surface area contributed by atoms with Crippen LogP contribution in [0.5, 0.6) is 0 Å². The Morgan fingerprint density at radius 2 is 1.74 bits per heavy atom. The molecule has 3 rings (SSSR count). The van der Waals surface area contributed by atoms with Crippen molar-refractivity contribution < 1.29 is 17.6 Å². The molecule has 1 N–H and O–H groups in total. The number of benzene rings is 2. The standard InChI is InChI=1S/C20H23FN2O3S/c1-15(16-8-4-2-5-9-16)22-20(24)17-10-11-18(21)19(14-17)27(25,26)23-12-6-3-7-13-23/h2,4-5,8-11,14-15H,3,6-7,12-13H2,1H3,(H,22,24)/t15-/m1/s1. The lowest BCUT2D eigenvalue weighted by Crippen LogP contribution is -2.36. The van der Waals surface area contributed by atoms with Crippen LogP contribution in [0.3, 0.4) is 0 Å². The van der Waals surface area contributed by atoms with Gasteiger partial charge in [0.1, 0.15) is 10.7 Å². The fourth-order valence-electron chi connectivity index (χ4n) is 3.19. The molecule has 1 aliphatic heterocycles. The van der Waals surface area contributed by atoms with Gasteiger partial charge < -0.3 is 5.32 Å². The second-order valence-electron chi connectivity index (χ2n) is 6.72. The molecule has 1 saturated heterocycles. The number of hydrogen-bond acceptors (Lipinski definition) is 3. The number of amides is 1. The number of piperidine rings is 1. The lowest BCUT2D eigenvalue weighted by molar-refractivity contribution is 0.0939. The predicted molar refractivity (Wildman–Crippen MR) is 101 cm³/mol. The van der Waals surface area contributed by atoms with E-state index in [0.717, 1.165) is 37.0 Å². The van der Waals surface area contributed by atoms with Crippen LogP contribution in [0.4, 0.5) is 4.39 Å². The molecule has 1 atom stereocenters. The van der Waals surface area contributed by atoms with E-state index >= 15 is 0 Å². The molecule has 2 aromatic carbocycles. The van der Waals surface area contributed by atoms with Crippen LogP contribution in [0.25, 0.3) is 0 Å². The second kappa shape index (κ2) is 8.19. The molecule has 144 valence electrons. The molecule has 27 heavy (non-hydrogen) atoms. The lowest BCUT2D eigenvalue weighted by atomic mass is 10.1. The van der Waals surface area contributed by atoms with Crippen molar-refractivity contribution in [2.45, 2.75) is 37.1 Å². The van der Waals surface area contributed by atoms with Crippen molar-refractivity contribution in [2.24, 2.45) is 0 Å². The van der Waals surface area contributed by atoms with Gasteiger partial charge in [-0.25, -0.2) is 12.8 Å². The van der Waals surface area contributed by atoms with Gasteiger partial charge in [0.2, 0.25) is 10.0 Å². The Hall–Kier alpha value is -2.25. The average Bonchev–Trinajstić information content (AvgIpc) is 2.69. The Morgan fingerprint density at radius 1 is 1.07 bits per heavy atom. The van der Waals surface area contributed by atoms with E-state index in [1.165, 1.54) is 10.4 Å². The van der Waals surface area contributed by atoms with E-state index < -0.39 is 26.6 Å². The van der Waals surface area contributed by atoms with Crippen molar-refractivity contribution >= 4 is 15.9 Å². The molecular formula is C20H23FN2O3S. The van der Waals surface area contributed by atoms with Gasteiger partial charge in [0.25, 0.3) is 5.91 Å². The van der Waals surface area contributed by atoms with Gasteiger partial charge in [-0.2, -0.15) is 4.31 Å². The van der Waals surface area contributed by atoms with Crippen LogP contribution in [-0.2, 0) is 10.0 Å². The van der Waals surface area contributed by atoms with Crippen LogP contribution in [0.15, 0.2) is 53.4 Å². The van der Waals surface area contributed by atoms with Gasteiger partial charge in [-0.15, -0.1) is 0 Å². The van der Waals surface area contributed by atoms with Crippen LogP contribution in [0, 0.1) is 5.82 Å². The molecular weight excluding hydrogens is 367 g/mol. The van der Waals surface area contributed by atoms with Gasteiger partial charge in [0, 0.05) is 18.7 Å². The summed E-state index contributed by atoms with van der Waals surface area (Å²) in [4.78, 5) is 12.1. The summed E-state index contributed by atoms with van der Waals surface area (Å²) >= 11 is 0. The molecule has 1 heterocycles. The maximum atomic E-state index is 14.3. The zero-order valence-electron chi connectivity index (χ0n) is 15.2. The monoisotopic (exact) mass is 390 g/mol. The van der Waals surface area contributed by atoms with Crippen molar-refractivity contribution in [1.29, 1.82) is 0 Å². The SMILES string of the molecule is C[C@@H](NC(=O)c1ccc(F)c(S(=O)(=O)N2CCCCC2)c1)c1ccccc1. The molecule has 0 spiro atoms. The second-order valence-corrected chi connectivity index (χ2v) is 8.62. The molecule has 1 amide bonds. The summed E-state index contributed by atoms with van der Waals surface area (Å²) in [6, 6.07) is 12.6.